The number of benzene rings is 2. The molecule has 25 heavy (non-hydrogen) atoms. The molecule has 1 N–H and O–H groups in total. The molecule has 0 fully saturated rings. The average Bonchev–Trinajstić information content (AvgIpc) is 3.02. The summed E-state index contributed by atoms with van der Waals surface area (Å²) in [6.07, 6.45) is 2.25. The standard InChI is InChI=1S/C19H17BrFNO3/c1-11(25-19(24)16-8-6-14(21)10-17(16)20)18(23)22-15-7-5-12-3-2-4-13(12)9-15/h5-11H,2-4H2,1H3,(H,22,23)/t11-/m1/s1. The topological polar surface area (TPSA) is 55.4 Å². The summed E-state index contributed by atoms with van der Waals surface area (Å²) < 4.78 is 18.6. The zero-order valence-corrected chi connectivity index (χ0v) is 15.2. The van der Waals surface area contributed by atoms with Crippen molar-refractivity contribution in [1.29, 1.82) is 0 Å². The van der Waals surface area contributed by atoms with Gasteiger partial charge in [-0.25, -0.2) is 9.18 Å². The Hall–Kier alpha value is -2.21. The van der Waals surface area contributed by atoms with Crippen molar-refractivity contribution in [3.63, 3.8) is 0 Å². The van der Waals surface area contributed by atoms with Crippen LogP contribution in [-0.4, -0.2) is 18.0 Å². The minimum atomic E-state index is -0.974. The first-order valence-corrected chi connectivity index (χ1v) is 8.82. The number of aryl methyl sites for hydroxylation is 2. The van der Waals surface area contributed by atoms with Gasteiger partial charge >= 0.3 is 5.97 Å². The minimum Gasteiger partial charge on any atom is -0.449 e. The monoisotopic (exact) mass is 405 g/mol. The fraction of sp³-hybridized carbons (Fsp3) is 0.263. The maximum Gasteiger partial charge on any atom is 0.340 e. The van der Waals surface area contributed by atoms with E-state index in [2.05, 4.69) is 21.2 Å². The number of esters is 1. The minimum absolute atomic E-state index is 0.165. The van der Waals surface area contributed by atoms with E-state index in [-0.39, 0.29) is 10.0 Å². The lowest BCUT2D eigenvalue weighted by Crippen LogP contribution is -2.30. The molecule has 6 heteroatoms. The second-order valence-corrected chi connectivity index (χ2v) is 6.85. The zero-order chi connectivity index (χ0) is 18.0. The predicted molar refractivity (Wildman–Crippen MR) is 96.1 cm³/mol. The number of carbonyl (C=O) groups excluding carboxylic acids is 2. The number of halogens is 2. The molecule has 4 nitrogen and oxygen atoms in total. The Balaban J connectivity index is 1.63. The van der Waals surface area contributed by atoms with E-state index in [4.69, 9.17) is 4.74 Å². The van der Waals surface area contributed by atoms with Crippen LogP contribution in [0.5, 0.6) is 0 Å². The van der Waals surface area contributed by atoms with Crippen LogP contribution in [0.25, 0.3) is 0 Å². The van der Waals surface area contributed by atoms with Crippen LogP contribution in [0.1, 0.15) is 34.8 Å². The van der Waals surface area contributed by atoms with Gasteiger partial charge in [-0.2, -0.15) is 0 Å². The van der Waals surface area contributed by atoms with Crippen LogP contribution in [0.3, 0.4) is 0 Å². The van der Waals surface area contributed by atoms with Crippen molar-refractivity contribution in [1.82, 2.24) is 0 Å². The second kappa shape index (κ2) is 7.35. The molecule has 2 aromatic carbocycles. The van der Waals surface area contributed by atoms with E-state index in [9.17, 15) is 14.0 Å². The normalized spacial score (nSPS) is 13.9. The fourth-order valence-corrected chi connectivity index (χ4v) is 3.34. The van der Waals surface area contributed by atoms with Gasteiger partial charge in [-0.1, -0.05) is 6.07 Å². The number of hydrogen-bond donors (Lipinski definition) is 1. The van der Waals surface area contributed by atoms with Crippen LogP contribution in [0.2, 0.25) is 0 Å². The number of fused-ring (bicyclic) bond motifs is 1. The summed E-state index contributed by atoms with van der Waals surface area (Å²) >= 11 is 3.12. The van der Waals surface area contributed by atoms with E-state index in [1.165, 1.54) is 30.2 Å². The summed E-state index contributed by atoms with van der Waals surface area (Å²) in [7, 11) is 0. The summed E-state index contributed by atoms with van der Waals surface area (Å²) in [5.41, 5.74) is 3.42. The summed E-state index contributed by atoms with van der Waals surface area (Å²) in [5, 5.41) is 2.76. The summed E-state index contributed by atoms with van der Waals surface area (Å²) in [5.74, 6) is -1.57. The molecular weight excluding hydrogens is 389 g/mol. The average molecular weight is 406 g/mol. The van der Waals surface area contributed by atoms with E-state index in [0.717, 1.165) is 25.3 Å². The Labute approximate surface area is 153 Å². The van der Waals surface area contributed by atoms with Crippen molar-refractivity contribution in [2.75, 3.05) is 5.32 Å². The molecule has 0 spiro atoms. The Morgan fingerprint density at radius 3 is 2.68 bits per heavy atom. The van der Waals surface area contributed by atoms with Gasteiger partial charge in [-0.05, 0) is 83.6 Å². The Kier molecular flexibility index (Phi) is 5.18. The Bertz CT molecular complexity index is 837. The molecular formula is C19H17BrFNO3. The van der Waals surface area contributed by atoms with E-state index < -0.39 is 23.8 Å². The number of rotatable bonds is 4. The molecule has 0 heterocycles. The van der Waals surface area contributed by atoms with E-state index in [1.54, 1.807) is 0 Å². The van der Waals surface area contributed by atoms with E-state index in [0.29, 0.717) is 5.69 Å². The zero-order valence-electron chi connectivity index (χ0n) is 13.6. The molecule has 0 unspecified atom stereocenters. The number of nitrogens with one attached hydrogen (secondary N) is 1. The molecule has 1 aliphatic rings. The molecule has 130 valence electrons. The maximum absolute atomic E-state index is 13.1. The van der Waals surface area contributed by atoms with Gasteiger partial charge in [0.15, 0.2) is 6.10 Å². The van der Waals surface area contributed by atoms with Crippen LogP contribution in [-0.2, 0) is 22.4 Å². The molecule has 0 saturated carbocycles. The smallest absolute Gasteiger partial charge is 0.340 e. The Morgan fingerprint density at radius 2 is 1.92 bits per heavy atom. The molecule has 2 aromatic rings. The number of amides is 1. The van der Waals surface area contributed by atoms with Crippen LogP contribution < -0.4 is 5.32 Å². The lowest BCUT2D eigenvalue weighted by atomic mass is 10.1. The van der Waals surface area contributed by atoms with Crippen molar-refractivity contribution in [3.8, 4) is 0 Å². The van der Waals surface area contributed by atoms with Crippen molar-refractivity contribution in [3.05, 3.63) is 63.4 Å². The predicted octanol–water partition coefficient (Wildman–Crippen LogP) is 4.26. The third-order valence-corrected chi connectivity index (χ3v) is 4.83. The first-order valence-electron chi connectivity index (χ1n) is 8.03. The summed E-state index contributed by atoms with van der Waals surface area (Å²) in [6.45, 7) is 1.50. The van der Waals surface area contributed by atoms with Crippen molar-refractivity contribution < 1.29 is 18.7 Å². The summed E-state index contributed by atoms with van der Waals surface area (Å²) in [6, 6.07) is 9.48. The van der Waals surface area contributed by atoms with Gasteiger partial charge in [-0.15, -0.1) is 0 Å². The molecule has 0 radical (unpaired) electrons. The number of anilines is 1. The highest BCUT2D eigenvalue weighted by Gasteiger charge is 2.21. The second-order valence-electron chi connectivity index (χ2n) is 6.00. The van der Waals surface area contributed by atoms with Crippen LogP contribution in [0, 0.1) is 5.82 Å². The van der Waals surface area contributed by atoms with Gasteiger partial charge in [0, 0.05) is 10.2 Å². The van der Waals surface area contributed by atoms with Crippen LogP contribution in [0.15, 0.2) is 40.9 Å². The number of carbonyl (C=O) groups is 2. The molecule has 1 aliphatic carbocycles. The lowest BCUT2D eigenvalue weighted by molar-refractivity contribution is -0.123. The third-order valence-electron chi connectivity index (χ3n) is 4.17. The third kappa shape index (κ3) is 4.07. The van der Waals surface area contributed by atoms with E-state index >= 15 is 0 Å². The van der Waals surface area contributed by atoms with Crippen LogP contribution in [0.4, 0.5) is 10.1 Å². The Morgan fingerprint density at radius 1 is 1.16 bits per heavy atom. The number of hydrogen-bond acceptors (Lipinski definition) is 3. The summed E-state index contributed by atoms with van der Waals surface area (Å²) in [4.78, 5) is 24.4. The highest BCUT2D eigenvalue weighted by molar-refractivity contribution is 9.10. The molecule has 0 saturated heterocycles. The van der Waals surface area contributed by atoms with Crippen molar-refractivity contribution >= 4 is 33.5 Å². The van der Waals surface area contributed by atoms with Gasteiger partial charge in [0.2, 0.25) is 0 Å². The molecule has 0 aliphatic heterocycles. The van der Waals surface area contributed by atoms with Gasteiger partial charge in [0.25, 0.3) is 5.91 Å². The van der Waals surface area contributed by atoms with Crippen LogP contribution >= 0.6 is 15.9 Å². The first kappa shape index (κ1) is 17.6. The fourth-order valence-electron chi connectivity index (χ4n) is 2.83. The lowest BCUT2D eigenvalue weighted by Gasteiger charge is -2.14. The van der Waals surface area contributed by atoms with Gasteiger partial charge in [0.05, 0.1) is 5.56 Å². The molecule has 1 atom stereocenters. The van der Waals surface area contributed by atoms with Crippen molar-refractivity contribution in [2.45, 2.75) is 32.3 Å². The highest BCUT2D eigenvalue weighted by atomic mass is 79.9. The molecule has 1 amide bonds. The maximum atomic E-state index is 13.1. The quantitative estimate of drug-likeness (QED) is 0.773. The molecule has 3 rings (SSSR count). The molecule has 0 bridgehead atoms. The first-order chi connectivity index (χ1) is 11.9. The van der Waals surface area contributed by atoms with Gasteiger partial charge in [0.1, 0.15) is 5.82 Å². The van der Waals surface area contributed by atoms with E-state index in [1.807, 2.05) is 18.2 Å². The van der Waals surface area contributed by atoms with Gasteiger partial charge < -0.3 is 10.1 Å². The highest BCUT2D eigenvalue weighted by Crippen LogP contribution is 2.25. The number of ether oxygens (including phenoxy) is 1. The molecule has 0 aromatic heterocycles. The largest absolute Gasteiger partial charge is 0.449 e. The van der Waals surface area contributed by atoms with Gasteiger partial charge in [-0.3, -0.25) is 4.79 Å². The van der Waals surface area contributed by atoms with Crippen molar-refractivity contribution in [2.24, 2.45) is 0 Å². The SMILES string of the molecule is C[C@@H](OC(=O)c1ccc(F)cc1Br)C(=O)Nc1ccc2c(c1)CCC2.